The topological polar surface area (TPSA) is 17.1 Å². The van der Waals surface area contributed by atoms with Gasteiger partial charge in [0, 0.05) is 0 Å². The first-order valence-corrected chi connectivity index (χ1v) is 6.13. The van der Waals surface area contributed by atoms with E-state index in [9.17, 15) is 4.79 Å². The third kappa shape index (κ3) is 2.49. The van der Waals surface area contributed by atoms with Crippen molar-refractivity contribution in [2.45, 2.75) is 52.4 Å². The zero-order chi connectivity index (χ0) is 11.9. The van der Waals surface area contributed by atoms with Crippen LogP contribution >= 0.6 is 11.3 Å². The van der Waals surface area contributed by atoms with Gasteiger partial charge in [0.25, 0.3) is 0 Å². The average Bonchev–Trinajstić information content (AvgIpc) is 2.44. The molecule has 1 heterocycles. The molecule has 0 radical (unpaired) electrons. The van der Waals surface area contributed by atoms with Crippen molar-refractivity contribution in [1.82, 2.24) is 0 Å². The predicted octanol–water partition coefficient (Wildman–Crippen LogP) is 4.16. The summed E-state index contributed by atoms with van der Waals surface area (Å²) in [7, 11) is 0. The Morgan fingerprint density at radius 2 is 1.60 bits per heavy atom. The van der Waals surface area contributed by atoms with Gasteiger partial charge in [0.2, 0.25) is 0 Å². The van der Waals surface area contributed by atoms with Crippen LogP contribution < -0.4 is 0 Å². The monoisotopic (exact) mass is 224 g/mol. The Hall–Kier alpha value is -0.630. The van der Waals surface area contributed by atoms with Gasteiger partial charge in [-0.15, -0.1) is 11.3 Å². The fourth-order valence-corrected chi connectivity index (χ4v) is 3.09. The normalized spacial score (nSPS) is 12.9. The third-order valence-electron chi connectivity index (χ3n) is 2.48. The molecule has 0 unspecified atom stereocenters. The molecule has 0 fully saturated rings. The molecule has 0 aliphatic heterocycles. The van der Waals surface area contributed by atoms with E-state index in [-0.39, 0.29) is 10.8 Å². The van der Waals surface area contributed by atoms with Gasteiger partial charge in [0.1, 0.15) is 0 Å². The highest BCUT2D eigenvalue weighted by molar-refractivity contribution is 7.12. The van der Waals surface area contributed by atoms with E-state index in [1.165, 1.54) is 11.1 Å². The Morgan fingerprint density at radius 3 is 1.93 bits per heavy atom. The second-order valence-electron chi connectivity index (χ2n) is 6.01. The zero-order valence-corrected chi connectivity index (χ0v) is 11.3. The van der Waals surface area contributed by atoms with E-state index < -0.39 is 0 Å². The molecule has 15 heavy (non-hydrogen) atoms. The van der Waals surface area contributed by atoms with Crippen molar-refractivity contribution in [2.24, 2.45) is 0 Å². The van der Waals surface area contributed by atoms with Gasteiger partial charge >= 0.3 is 0 Å². The molecule has 0 N–H and O–H groups in total. The predicted molar refractivity (Wildman–Crippen MR) is 67.1 cm³/mol. The van der Waals surface area contributed by atoms with Gasteiger partial charge in [0.05, 0.1) is 4.88 Å². The first-order chi connectivity index (χ1) is 6.68. The van der Waals surface area contributed by atoms with Crippen LogP contribution in [0, 0.1) is 0 Å². The average molecular weight is 224 g/mol. The second kappa shape index (κ2) is 3.75. The van der Waals surface area contributed by atoms with Crippen molar-refractivity contribution in [3.8, 4) is 0 Å². The summed E-state index contributed by atoms with van der Waals surface area (Å²) in [6.45, 7) is 13.1. The molecule has 2 heteroatoms. The maximum atomic E-state index is 11.0. The molecule has 0 aromatic carbocycles. The van der Waals surface area contributed by atoms with E-state index in [1.54, 1.807) is 11.3 Å². The molecule has 0 saturated carbocycles. The van der Waals surface area contributed by atoms with E-state index >= 15 is 0 Å². The Morgan fingerprint density at radius 1 is 1.07 bits per heavy atom. The summed E-state index contributed by atoms with van der Waals surface area (Å²) in [6.07, 6.45) is 0.987. The van der Waals surface area contributed by atoms with Crippen LogP contribution in [0.2, 0.25) is 0 Å². The molecular formula is C13H20OS. The molecule has 84 valence electrons. The smallest absolute Gasteiger partial charge is 0.160 e. The highest BCUT2D eigenvalue weighted by Crippen LogP contribution is 2.38. The summed E-state index contributed by atoms with van der Waals surface area (Å²) >= 11 is 1.56. The summed E-state index contributed by atoms with van der Waals surface area (Å²) < 4.78 is 0. The van der Waals surface area contributed by atoms with Crippen LogP contribution in [0.5, 0.6) is 0 Å². The summed E-state index contributed by atoms with van der Waals surface area (Å²) in [5.41, 5.74) is 2.68. The lowest BCUT2D eigenvalue weighted by atomic mass is 9.76. The van der Waals surface area contributed by atoms with Crippen molar-refractivity contribution in [3.05, 3.63) is 21.4 Å². The molecule has 1 aromatic rings. The number of hydrogen-bond donors (Lipinski definition) is 0. The highest BCUT2D eigenvalue weighted by atomic mass is 32.1. The van der Waals surface area contributed by atoms with Gasteiger partial charge in [-0.3, -0.25) is 4.79 Å². The van der Waals surface area contributed by atoms with Crippen LogP contribution in [0.15, 0.2) is 5.38 Å². The van der Waals surface area contributed by atoms with Crippen LogP contribution in [0.1, 0.15) is 62.3 Å². The van der Waals surface area contributed by atoms with Crippen molar-refractivity contribution in [3.63, 3.8) is 0 Å². The molecule has 0 saturated heterocycles. The number of rotatable bonds is 1. The second-order valence-corrected chi connectivity index (χ2v) is 6.92. The maximum absolute atomic E-state index is 11.0. The van der Waals surface area contributed by atoms with Gasteiger partial charge in [-0.1, -0.05) is 41.5 Å². The van der Waals surface area contributed by atoms with Crippen molar-refractivity contribution < 1.29 is 4.79 Å². The summed E-state index contributed by atoms with van der Waals surface area (Å²) in [6, 6.07) is 0. The Kier molecular flexibility index (Phi) is 3.11. The summed E-state index contributed by atoms with van der Waals surface area (Å²) in [5.74, 6) is 0. The fraction of sp³-hybridized carbons (Fsp3) is 0.615. The van der Waals surface area contributed by atoms with Gasteiger partial charge < -0.3 is 0 Å². The molecule has 0 spiro atoms. The lowest BCUT2D eigenvalue weighted by Crippen LogP contribution is -2.21. The molecule has 1 aromatic heterocycles. The number of aldehydes is 1. The zero-order valence-electron chi connectivity index (χ0n) is 10.5. The minimum atomic E-state index is 0.0405. The SMILES string of the molecule is CC(C)(C)c1csc(C=O)c1C(C)(C)C. The van der Waals surface area contributed by atoms with Crippen LogP contribution in [0.25, 0.3) is 0 Å². The molecule has 0 bridgehead atoms. The lowest BCUT2D eigenvalue weighted by Gasteiger charge is -2.27. The van der Waals surface area contributed by atoms with Crippen LogP contribution in [-0.2, 0) is 10.8 Å². The van der Waals surface area contributed by atoms with Crippen molar-refractivity contribution >= 4 is 17.6 Å². The molecule has 0 aliphatic carbocycles. The number of carbonyl (C=O) groups excluding carboxylic acids is 1. The number of thiophene rings is 1. The Labute approximate surface area is 96.5 Å². The molecule has 0 atom stereocenters. The van der Waals surface area contributed by atoms with Crippen LogP contribution in [0.3, 0.4) is 0 Å². The molecule has 1 nitrogen and oxygen atoms in total. The van der Waals surface area contributed by atoms with E-state index in [4.69, 9.17) is 0 Å². The molecule has 0 amide bonds. The quantitative estimate of drug-likeness (QED) is 0.655. The molecule has 1 rings (SSSR count). The number of carbonyl (C=O) groups is 1. The number of hydrogen-bond acceptors (Lipinski definition) is 2. The Bertz CT molecular complexity index is 361. The van der Waals surface area contributed by atoms with Crippen molar-refractivity contribution in [2.75, 3.05) is 0 Å². The first kappa shape index (κ1) is 12.4. The van der Waals surface area contributed by atoms with Crippen molar-refractivity contribution in [1.29, 1.82) is 0 Å². The molecule has 0 aliphatic rings. The largest absolute Gasteiger partial charge is 0.297 e. The fourth-order valence-electron chi connectivity index (χ4n) is 1.79. The third-order valence-corrected chi connectivity index (χ3v) is 3.39. The lowest BCUT2D eigenvalue weighted by molar-refractivity contribution is 0.112. The Balaban J connectivity index is 3.44. The highest BCUT2D eigenvalue weighted by Gasteiger charge is 2.29. The minimum absolute atomic E-state index is 0.0405. The van der Waals surface area contributed by atoms with Gasteiger partial charge in [0.15, 0.2) is 6.29 Å². The van der Waals surface area contributed by atoms with E-state index in [0.29, 0.717) is 0 Å². The molecular weight excluding hydrogens is 204 g/mol. The van der Waals surface area contributed by atoms with E-state index in [0.717, 1.165) is 11.2 Å². The van der Waals surface area contributed by atoms with Gasteiger partial charge in [-0.25, -0.2) is 0 Å². The standard InChI is InChI=1S/C13H20OS/c1-12(2,3)9-8-15-10(7-14)11(9)13(4,5)6/h7-8H,1-6H3. The van der Waals surface area contributed by atoms with Crippen LogP contribution in [0.4, 0.5) is 0 Å². The summed E-state index contributed by atoms with van der Waals surface area (Å²) in [4.78, 5) is 11.9. The first-order valence-electron chi connectivity index (χ1n) is 5.25. The maximum Gasteiger partial charge on any atom is 0.160 e. The van der Waals surface area contributed by atoms with Gasteiger partial charge in [-0.2, -0.15) is 0 Å². The van der Waals surface area contributed by atoms with E-state index in [1.807, 2.05) is 0 Å². The van der Waals surface area contributed by atoms with Gasteiger partial charge in [-0.05, 0) is 27.3 Å². The summed E-state index contributed by atoms with van der Waals surface area (Å²) in [5, 5.41) is 2.13. The van der Waals surface area contributed by atoms with E-state index in [2.05, 4.69) is 46.9 Å². The van der Waals surface area contributed by atoms with Crippen LogP contribution in [-0.4, -0.2) is 6.29 Å². The minimum Gasteiger partial charge on any atom is -0.297 e.